The van der Waals surface area contributed by atoms with E-state index in [-0.39, 0.29) is 24.3 Å². The van der Waals surface area contributed by atoms with E-state index in [1.165, 1.54) is 6.39 Å². The summed E-state index contributed by atoms with van der Waals surface area (Å²) in [6, 6.07) is -0.513. The maximum atomic E-state index is 12.7. The molecule has 0 bridgehead atoms. The van der Waals surface area contributed by atoms with E-state index in [2.05, 4.69) is 15.5 Å². The summed E-state index contributed by atoms with van der Waals surface area (Å²) >= 11 is 0. The van der Waals surface area contributed by atoms with Crippen molar-refractivity contribution in [1.82, 2.24) is 20.4 Å². The molecular weight excluding hydrogens is 260 g/mol. The van der Waals surface area contributed by atoms with Crippen LogP contribution in [0.3, 0.4) is 0 Å². The number of aromatic nitrogens is 2. The molecule has 20 heavy (non-hydrogen) atoms. The van der Waals surface area contributed by atoms with E-state index in [1.807, 2.05) is 20.8 Å². The molecule has 2 atom stereocenters. The summed E-state index contributed by atoms with van der Waals surface area (Å²) in [4.78, 5) is 30.5. The van der Waals surface area contributed by atoms with E-state index in [1.54, 1.807) is 11.8 Å². The number of piperazine rings is 1. The van der Waals surface area contributed by atoms with Gasteiger partial charge in [0.2, 0.25) is 18.2 Å². The third-order valence-corrected chi connectivity index (χ3v) is 3.79. The zero-order valence-corrected chi connectivity index (χ0v) is 12.2. The quantitative estimate of drug-likeness (QED) is 0.878. The predicted octanol–water partition coefficient (Wildman–Crippen LogP) is 0.721. The fraction of sp³-hybridized carbons (Fsp3) is 0.692. The minimum Gasteiger partial charge on any atom is -0.343 e. The molecule has 0 aliphatic carbocycles. The van der Waals surface area contributed by atoms with Crippen LogP contribution in [0, 0.1) is 5.92 Å². The van der Waals surface area contributed by atoms with E-state index in [4.69, 9.17) is 4.52 Å². The highest BCUT2D eigenvalue weighted by molar-refractivity contribution is 5.99. The van der Waals surface area contributed by atoms with Crippen LogP contribution in [0.2, 0.25) is 0 Å². The van der Waals surface area contributed by atoms with Crippen molar-refractivity contribution in [3.05, 3.63) is 12.2 Å². The largest absolute Gasteiger partial charge is 0.343 e. The Morgan fingerprint density at radius 2 is 2.20 bits per heavy atom. The Balaban J connectivity index is 2.34. The van der Waals surface area contributed by atoms with Gasteiger partial charge in [-0.3, -0.25) is 9.59 Å². The van der Waals surface area contributed by atoms with Crippen molar-refractivity contribution in [3.8, 4) is 0 Å². The molecule has 1 aliphatic rings. The number of amides is 2. The molecule has 2 amide bonds. The van der Waals surface area contributed by atoms with Crippen LogP contribution in [0.4, 0.5) is 0 Å². The molecule has 110 valence electrons. The third-order valence-electron chi connectivity index (χ3n) is 3.79. The average Bonchev–Trinajstić information content (AvgIpc) is 2.88. The highest BCUT2D eigenvalue weighted by atomic mass is 16.5. The van der Waals surface area contributed by atoms with E-state index in [9.17, 15) is 9.59 Å². The first kappa shape index (κ1) is 14.5. The van der Waals surface area contributed by atoms with Gasteiger partial charge < -0.3 is 14.7 Å². The van der Waals surface area contributed by atoms with Gasteiger partial charge in [-0.05, 0) is 19.3 Å². The number of nitrogens with zero attached hydrogens (tertiary/aromatic N) is 3. The lowest BCUT2D eigenvalue weighted by Crippen LogP contribution is -2.69. The average molecular weight is 280 g/mol. The zero-order chi connectivity index (χ0) is 14.9. The zero-order valence-electron chi connectivity index (χ0n) is 12.2. The van der Waals surface area contributed by atoms with Gasteiger partial charge in [-0.15, -0.1) is 0 Å². The van der Waals surface area contributed by atoms with Crippen LogP contribution in [0.25, 0.3) is 0 Å². The molecule has 0 radical (unpaired) electrons. The second-order valence-corrected chi connectivity index (χ2v) is 5.64. The SMILES string of the molecule is CCC1(C)NC(=O)C(C(C)C)N(Cc2ncon2)C1=O. The second-order valence-electron chi connectivity index (χ2n) is 5.64. The number of nitrogens with one attached hydrogen (secondary N) is 1. The van der Waals surface area contributed by atoms with Gasteiger partial charge in [-0.25, -0.2) is 0 Å². The Hall–Kier alpha value is -1.92. The minimum atomic E-state index is -0.869. The lowest BCUT2D eigenvalue weighted by Gasteiger charge is -2.45. The fourth-order valence-corrected chi connectivity index (χ4v) is 2.47. The van der Waals surface area contributed by atoms with E-state index < -0.39 is 11.6 Å². The van der Waals surface area contributed by atoms with Crippen molar-refractivity contribution in [1.29, 1.82) is 0 Å². The number of hydrogen-bond donors (Lipinski definition) is 1. The standard InChI is InChI=1S/C13H20N4O3/c1-5-13(4)12(19)17(6-9-14-7-20-16-9)10(8(2)3)11(18)15-13/h7-8,10H,5-6H2,1-4H3,(H,15,18). The number of hydrogen-bond acceptors (Lipinski definition) is 5. The van der Waals surface area contributed by atoms with Gasteiger partial charge in [0.25, 0.3) is 0 Å². The Morgan fingerprint density at radius 3 is 2.70 bits per heavy atom. The van der Waals surface area contributed by atoms with Crippen LogP contribution >= 0.6 is 0 Å². The number of carbonyl (C=O) groups is 2. The first-order valence-corrected chi connectivity index (χ1v) is 6.77. The monoisotopic (exact) mass is 280 g/mol. The maximum absolute atomic E-state index is 12.7. The molecule has 1 aliphatic heterocycles. The summed E-state index contributed by atoms with van der Waals surface area (Å²) in [6.07, 6.45) is 1.75. The maximum Gasteiger partial charge on any atom is 0.249 e. The molecule has 2 unspecified atom stereocenters. The molecular formula is C13H20N4O3. The number of rotatable bonds is 4. The van der Waals surface area contributed by atoms with Crippen molar-refractivity contribution in [3.63, 3.8) is 0 Å². The molecule has 1 aromatic heterocycles. The Kier molecular flexibility index (Phi) is 3.78. The van der Waals surface area contributed by atoms with Gasteiger partial charge in [0.05, 0.1) is 6.54 Å². The van der Waals surface area contributed by atoms with Crippen LogP contribution in [0.5, 0.6) is 0 Å². The highest BCUT2D eigenvalue weighted by Crippen LogP contribution is 2.26. The Bertz CT molecular complexity index is 500. The predicted molar refractivity (Wildman–Crippen MR) is 70.3 cm³/mol. The number of carbonyl (C=O) groups excluding carboxylic acids is 2. The van der Waals surface area contributed by atoms with Gasteiger partial charge in [0, 0.05) is 0 Å². The summed E-state index contributed by atoms with van der Waals surface area (Å²) in [6.45, 7) is 7.62. The van der Waals surface area contributed by atoms with Crippen molar-refractivity contribution in [2.45, 2.75) is 52.2 Å². The molecule has 7 heteroatoms. The second kappa shape index (κ2) is 5.22. The Morgan fingerprint density at radius 1 is 1.50 bits per heavy atom. The molecule has 1 saturated heterocycles. The van der Waals surface area contributed by atoms with Gasteiger partial charge in [-0.2, -0.15) is 4.98 Å². The minimum absolute atomic E-state index is 0.00672. The van der Waals surface area contributed by atoms with Crippen LogP contribution < -0.4 is 5.32 Å². The fourth-order valence-electron chi connectivity index (χ4n) is 2.47. The van der Waals surface area contributed by atoms with E-state index >= 15 is 0 Å². The summed E-state index contributed by atoms with van der Waals surface area (Å²) in [5, 5.41) is 6.56. The van der Waals surface area contributed by atoms with Crippen molar-refractivity contribution >= 4 is 11.8 Å². The van der Waals surface area contributed by atoms with E-state index in [0.717, 1.165) is 0 Å². The molecule has 2 heterocycles. The van der Waals surface area contributed by atoms with Crippen LogP contribution in [-0.4, -0.2) is 38.4 Å². The molecule has 0 aromatic carbocycles. The highest BCUT2D eigenvalue weighted by Gasteiger charge is 2.48. The molecule has 1 N–H and O–H groups in total. The Labute approximate surface area is 117 Å². The van der Waals surface area contributed by atoms with Gasteiger partial charge >= 0.3 is 0 Å². The van der Waals surface area contributed by atoms with E-state index in [0.29, 0.717) is 12.2 Å². The first-order valence-electron chi connectivity index (χ1n) is 6.77. The van der Waals surface area contributed by atoms with Gasteiger partial charge in [0.1, 0.15) is 11.6 Å². The lowest BCUT2D eigenvalue weighted by molar-refractivity contribution is -0.157. The summed E-state index contributed by atoms with van der Waals surface area (Å²) in [5.41, 5.74) is -0.869. The van der Waals surface area contributed by atoms with Crippen molar-refractivity contribution in [2.24, 2.45) is 5.92 Å². The van der Waals surface area contributed by atoms with Crippen molar-refractivity contribution in [2.75, 3.05) is 0 Å². The smallest absolute Gasteiger partial charge is 0.249 e. The third kappa shape index (κ3) is 2.39. The summed E-state index contributed by atoms with van der Waals surface area (Å²) < 4.78 is 4.69. The topological polar surface area (TPSA) is 88.3 Å². The molecule has 7 nitrogen and oxygen atoms in total. The van der Waals surface area contributed by atoms with Crippen LogP contribution in [0.1, 0.15) is 39.9 Å². The normalized spacial score (nSPS) is 27.1. The van der Waals surface area contributed by atoms with Crippen LogP contribution in [-0.2, 0) is 16.1 Å². The van der Waals surface area contributed by atoms with Crippen molar-refractivity contribution < 1.29 is 14.1 Å². The van der Waals surface area contributed by atoms with Crippen LogP contribution in [0.15, 0.2) is 10.9 Å². The molecule has 0 saturated carbocycles. The molecule has 2 rings (SSSR count). The first-order chi connectivity index (χ1) is 9.39. The molecule has 1 fully saturated rings. The molecule has 1 aromatic rings. The summed E-state index contributed by atoms with van der Waals surface area (Å²) in [5.74, 6) is 0.167. The lowest BCUT2D eigenvalue weighted by atomic mass is 9.88. The van der Waals surface area contributed by atoms with Gasteiger partial charge in [0.15, 0.2) is 5.82 Å². The molecule has 0 spiro atoms. The summed E-state index contributed by atoms with van der Waals surface area (Å²) in [7, 11) is 0. The van der Waals surface area contributed by atoms with Gasteiger partial charge in [-0.1, -0.05) is 25.9 Å².